The van der Waals surface area contributed by atoms with Crippen LogP contribution in [0.3, 0.4) is 0 Å². The van der Waals surface area contributed by atoms with Crippen LogP contribution in [0.1, 0.15) is 31.9 Å². The van der Waals surface area contributed by atoms with E-state index < -0.39 is 6.04 Å². The Labute approximate surface area is 194 Å². The van der Waals surface area contributed by atoms with Gasteiger partial charge in [0, 0.05) is 23.9 Å². The van der Waals surface area contributed by atoms with E-state index in [1.807, 2.05) is 56.3 Å². The Bertz CT molecular complexity index is 858. The average Bonchev–Trinajstić information content (AvgIpc) is 2.75. The molecule has 0 bridgehead atoms. The minimum atomic E-state index is -0.577. The topological polar surface area (TPSA) is 58.6 Å². The fourth-order valence-electron chi connectivity index (χ4n) is 2.93. The Morgan fingerprint density at radius 2 is 1.81 bits per heavy atom. The number of methoxy groups -OCH3 is 1. The number of thioether (sulfide) groups is 1. The summed E-state index contributed by atoms with van der Waals surface area (Å²) < 4.78 is 5.18. The molecule has 0 aliphatic rings. The molecule has 7 heteroatoms. The van der Waals surface area contributed by atoms with Gasteiger partial charge in [0.25, 0.3) is 0 Å². The highest BCUT2D eigenvalue weighted by Crippen LogP contribution is 2.19. The Kier molecular flexibility index (Phi) is 10.2. The van der Waals surface area contributed by atoms with Gasteiger partial charge in [-0.15, -0.1) is 11.8 Å². The molecule has 0 aliphatic heterocycles. The average molecular weight is 463 g/mol. The lowest BCUT2D eigenvalue weighted by atomic mass is 10.1. The molecule has 0 heterocycles. The first kappa shape index (κ1) is 25.1. The largest absolute Gasteiger partial charge is 0.497 e. The van der Waals surface area contributed by atoms with Crippen molar-refractivity contribution >= 4 is 35.2 Å². The summed E-state index contributed by atoms with van der Waals surface area (Å²) in [5.74, 6) is 1.91. The molecule has 1 atom stereocenters. The highest BCUT2D eigenvalue weighted by atomic mass is 35.5. The number of carbonyl (C=O) groups excluding carboxylic acids is 2. The molecule has 31 heavy (non-hydrogen) atoms. The number of nitrogens with zero attached hydrogens (tertiary/aromatic N) is 1. The molecule has 168 valence electrons. The molecule has 0 radical (unpaired) electrons. The van der Waals surface area contributed by atoms with Crippen LogP contribution in [0, 0.1) is 5.92 Å². The minimum Gasteiger partial charge on any atom is -0.497 e. The number of carbonyl (C=O) groups is 2. The summed E-state index contributed by atoms with van der Waals surface area (Å²) in [6.07, 6.45) is 0. The summed E-state index contributed by atoms with van der Waals surface area (Å²) in [6, 6.07) is 14.6. The molecular formula is C24H31ClN2O3S. The molecule has 2 aromatic rings. The molecule has 0 unspecified atom stereocenters. The number of hydrogen-bond acceptors (Lipinski definition) is 4. The number of halogens is 1. The molecule has 2 aromatic carbocycles. The maximum Gasteiger partial charge on any atom is 0.242 e. The van der Waals surface area contributed by atoms with E-state index in [-0.39, 0.29) is 17.6 Å². The summed E-state index contributed by atoms with van der Waals surface area (Å²) in [7, 11) is 1.63. The summed E-state index contributed by atoms with van der Waals surface area (Å²) in [6.45, 7) is 6.75. The molecule has 0 spiro atoms. The third-order valence-corrected chi connectivity index (χ3v) is 5.97. The summed E-state index contributed by atoms with van der Waals surface area (Å²) in [5, 5.41) is 3.54. The van der Waals surface area contributed by atoms with Crippen molar-refractivity contribution in [1.29, 1.82) is 0 Å². The smallest absolute Gasteiger partial charge is 0.242 e. The van der Waals surface area contributed by atoms with Crippen LogP contribution in [-0.2, 0) is 21.9 Å². The number of hydrogen-bond donors (Lipinski definition) is 1. The molecule has 0 saturated carbocycles. The van der Waals surface area contributed by atoms with Crippen LogP contribution in [0.4, 0.5) is 0 Å². The van der Waals surface area contributed by atoms with Gasteiger partial charge in [0.2, 0.25) is 11.8 Å². The second-order valence-corrected chi connectivity index (χ2v) is 9.23. The van der Waals surface area contributed by atoms with Crippen LogP contribution in [0.2, 0.25) is 5.02 Å². The van der Waals surface area contributed by atoms with Gasteiger partial charge in [0.15, 0.2) is 0 Å². The summed E-state index contributed by atoms with van der Waals surface area (Å²) >= 11 is 7.64. The SMILES string of the molecule is COc1ccc(CSCC(=O)N(Cc2cccc(Cl)c2)[C@@H](C)C(=O)NCC(C)C)cc1. The van der Waals surface area contributed by atoms with E-state index >= 15 is 0 Å². The zero-order valence-corrected chi connectivity index (χ0v) is 20.1. The van der Waals surface area contributed by atoms with Gasteiger partial charge < -0.3 is 15.0 Å². The minimum absolute atomic E-state index is 0.0781. The van der Waals surface area contributed by atoms with Gasteiger partial charge in [-0.1, -0.05) is 49.7 Å². The van der Waals surface area contributed by atoms with Crippen LogP contribution in [0.15, 0.2) is 48.5 Å². The lowest BCUT2D eigenvalue weighted by molar-refractivity contribution is -0.138. The Morgan fingerprint density at radius 1 is 1.10 bits per heavy atom. The third kappa shape index (κ3) is 8.46. The van der Waals surface area contributed by atoms with Crippen LogP contribution in [-0.4, -0.2) is 42.2 Å². The van der Waals surface area contributed by atoms with E-state index in [0.29, 0.717) is 29.8 Å². The van der Waals surface area contributed by atoms with Gasteiger partial charge in [-0.05, 0) is 48.2 Å². The van der Waals surface area contributed by atoms with Crippen molar-refractivity contribution in [2.75, 3.05) is 19.4 Å². The molecule has 0 aliphatic carbocycles. The molecule has 5 nitrogen and oxygen atoms in total. The Morgan fingerprint density at radius 3 is 2.42 bits per heavy atom. The van der Waals surface area contributed by atoms with Crippen LogP contribution in [0.25, 0.3) is 0 Å². The number of amides is 2. The maximum absolute atomic E-state index is 13.1. The lowest BCUT2D eigenvalue weighted by Gasteiger charge is -2.29. The van der Waals surface area contributed by atoms with Gasteiger partial charge >= 0.3 is 0 Å². The van der Waals surface area contributed by atoms with Crippen molar-refractivity contribution in [2.45, 2.75) is 39.1 Å². The first-order chi connectivity index (χ1) is 14.8. The Balaban J connectivity index is 2.04. The van der Waals surface area contributed by atoms with Crippen molar-refractivity contribution in [3.05, 3.63) is 64.7 Å². The fraction of sp³-hybridized carbons (Fsp3) is 0.417. The van der Waals surface area contributed by atoms with E-state index in [2.05, 4.69) is 5.32 Å². The molecule has 2 rings (SSSR count). The van der Waals surface area contributed by atoms with Gasteiger partial charge in [-0.25, -0.2) is 0 Å². The second-order valence-electron chi connectivity index (χ2n) is 7.81. The van der Waals surface area contributed by atoms with E-state index in [1.54, 1.807) is 25.0 Å². The fourth-order valence-corrected chi connectivity index (χ4v) is 4.01. The van der Waals surface area contributed by atoms with Crippen molar-refractivity contribution < 1.29 is 14.3 Å². The summed E-state index contributed by atoms with van der Waals surface area (Å²) in [5.41, 5.74) is 2.01. The number of rotatable bonds is 11. The van der Waals surface area contributed by atoms with Gasteiger partial charge in [-0.2, -0.15) is 0 Å². The number of ether oxygens (including phenoxy) is 1. The standard InChI is InChI=1S/C24H31ClN2O3S/c1-17(2)13-26-24(29)18(3)27(14-20-6-5-7-21(25)12-20)23(28)16-31-15-19-8-10-22(30-4)11-9-19/h5-12,17-18H,13-16H2,1-4H3,(H,26,29)/t18-/m0/s1. The third-order valence-electron chi connectivity index (χ3n) is 4.75. The first-order valence-corrected chi connectivity index (χ1v) is 11.9. The maximum atomic E-state index is 13.1. The molecule has 2 amide bonds. The predicted molar refractivity (Wildman–Crippen MR) is 128 cm³/mol. The molecule has 0 fully saturated rings. The van der Waals surface area contributed by atoms with E-state index in [1.165, 1.54) is 11.8 Å². The lowest BCUT2D eigenvalue weighted by Crippen LogP contribution is -2.48. The highest BCUT2D eigenvalue weighted by molar-refractivity contribution is 7.99. The normalized spacial score (nSPS) is 11.8. The predicted octanol–water partition coefficient (Wildman–Crippen LogP) is 4.77. The van der Waals surface area contributed by atoms with Crippen LogP contribution >= 0.6 is 23.4 Å². The zero-order chi connectivity index (χ0) is 22.8. The van der Waals surface area contributed by atoms with E-state index in [9.17, 15) is 9.59 Å². The molecule has 0 aromatic heterocycles. The highest BCUT2D eigenvalue weighted by Gasteiger charge is 2.26. The first-order valence-electron chi connectivity index (χ1n) is 10.3. The van der Waals surface area contributed by atoms with Crippen LogP contribution < -0.4 is 10.1 Å². The second kappa shape index (κ2) is 12.6. The quantitative estimate of drug-likeness (QED) is 0.522. The van der Waals surface area contributed by atoms with Crippen molar-refractivity contribution in [1.82, 2.24) is 10.2 Å². The number of nitrogens with one attached hydrogen (secondary N) is 1. The zero-order valence-electron chi connectivity index (χ0n) is 18.6. The summed E-state index contributed by atoms with van der Waals surface area (Å²) in [4.78, 5) is 27.4. The van der Waals surface area contributed by atoms with Crippen molar-refractivity contribution in [3.8, 4) is 5.75 Å². The van der Waals surface area contributed by atoms with Crippen molar-refractivity contribution in [3.63, 3.8) is 0 Å². The molecular weight excluding hydrogens is 432 g/mol. The molecule has 0 saturated heterocycles. The van der Waals surface area contributed by atoms with E-state index in [0.717, 1.165) is 16.9 Å². The number of benzene rings is 2. The van der Waals surface area contributed by atoms with Crippen molar-refractivity contribution in [2.24, 2.45) is 5.92 Å². The van der Waals surface area contributed by atoms with E-state index in [4.69, 9.17) is 16.3 Å². The molecule has 1 N–H and O–H groups in total. The van der Waals surface area contributed by atoms with Gasteiger partial charge in [0.05, 0.1) is 12.9 Å². The monoisotopic (exact) mass is 462 g/mol. The Hall–Kier alpha value is -2.18. The van der Waals surface area contributed by atoms with Gasteiger partial charge in [-0.3, -0.25) is 9.59 Å². The van der Waals surface area contributed by atoms with Gasteiger partial charge in [0.1, 0.15) is 11.8 Å². The van der Waals surface area contributed by atoms with Crippen LogP contribution in [0.5, 0.6) is 5.75 Å².